The lowest BCUT2D eigenvalue weighted by molar-refractivity contribution is 0.0519. The van der Waals surface area contributed by atoms with Gasteiger partial charge < -0.3 is 9.72 Å². The molecule has 114 valence electrons. The Morgan fingerprint density at radius 1 is 1.05 bits per heavy atom. The molecule has 3 heteroatoms. The van der Waals surface area contributed by atoms with Crippen molar-refractivity contribution >= 4 is 5.97 Å². The summed E-state index contributed by atoms with van der Waals surface area (Å²) in [5.74, 6) is -0.234. The number of aromatic nitrogens is 1. The molecule has 0 atom stereocenters. The molecule has 0 bridgehead atoms. The molecule has 0 unspecified atom stereocenters. The van der Waals surface area contributed by atoms with Crippen LogP contribution >= 0.6 is 0 Å². The van der Waals surface area contributed by atoms with Crippen LogP contribution in [0.4, 0.5) is 0 Å². The van der Waals surface area contributed by atoms with Crippen LogP contribution in [0.5, 0.6) is 0 Å². The minimum atomic E-state index is -0.234. The average molecular weight is 279 g/mol. The maximum absolute atomic E-state index is 11.8. The number of hydrogen-bond acceptors (Lipinski definition) is 2. The summed E-state index contributed by atoms with van der Waals surface area (Å²) in [5, 5.41) is 0. The van der Waals surface area contributed by atoms with E-state index in [4.69, 9.17) is 4.74 Å². The maximum Gasteiger partial charge on any atom is 0.355 e. The molecule has 0 aliphatic carbocycles. The standard InChI is InChI=1S/C17H29NO2/c1-5-7-8-9-10-11-12-15-13(3)16(18-14(15)4)17(19)20-6-2/h18H,5-12H2,1-4H3. The fourth-order valence-electron chi connectivity index (χ4n) is 2.65. The van der Waals surface area contributed by atoms with Gasteiger partial charge in [0.1, 0.15) is 5.69 Å². The van der Waals surface area contributed by atoms with Crippen molar-refractivity contribution in [2.24, 2.45) is 0 Å². The second-order valence-corrected chi connectivity index (χ2v) is 5.47. The smallest absolute Gasteiger partial charge is 0.355 e. The summed E-state index contributed by atoms with van der Waals surface area (Å²) in [6.45, 7) is 8.55. The highest BCUT2D eigenvalue weighted by Gasteiger charge is 2.17. The molecule has 0 aromatic carbocycles. The minimum absolute atomic E-state index is 0.234. The zero-order valence-electron chi connectivity index (χ0n) is 13.5. The number of H-pyrrole nitrogens is 1. The van der Waals surface area contributed by atoms with E-state index in [9.17, 15) is 4.79 Å². The molecule has 0 saturated heterocycles. The Kier molecular flexibility index (Phi) is 7.42. The maximum atomic E-state index is 11.8. The Hall–Kier alpha value is -1.25. The van der Waals surface area contributed by atoms with Crippen molar-refractivity contribution in [3.05, 3.63) is 22.5 Å². The number of aryl methyl sites for hydroxylation is 1. The van der Waals surface area contributed by atoms with Crippen molar-refractivity contribution in [1.82, 2.24) is 4.98 Å². The van der Waals surface area contributed by atoms with Gasteiger partial charge in [-0.2, -0.15) is 0 Å². The lowest BCUT2D eigenvalue weighted by atomic mass is 10.0. The Labute approximate surface area is 123 Å². The first-order valence-electron chi connectivity index (χ1n) is 7.96. The zero-order chi connectivity index (χ0) is 15.0. The predicted molar refractivity (Wildman–Crippen MR) is 83.3 cm³/mol. The summed E-state index contributed by atoms with van der Waals surface area (Å²) in [6, 6.07) is 0. The van der Waals surface area contributed by atoms with Crippen molar-refractivity contribution in [3.63, 3.8) is 0 Å². The summed E-state index contributed by atoms with van der Waals surface area (Å²) in [6.07, 6.45) is 8.83. The van der Waals surface area contributed by atoms with E-state index < -0.39 is 0 Å². The van der Waals surface area contributed by atoms with Crippen molar-refractivity contribution in [1.29, 1.82) is 0 Å². The molecule has 0 amide bonds. The van der Waals surface area contributed by atoms with Gasteiger partial charge in [-0.25, -0.2) is 4.79 Å². The molecule has 0 aliphatic rings. The van der Waals surface area contributed by atoms with Crippen LogP contribution in [0.3, 0.4) is 0 Å². The Bertz CT molecular complexity index is 421. The van der Waals surface area contributed by atoms with Gasteiger partial charge in [0.15, 0.2) is 0 Å². The number of esters is 1. The first-order chi connectivity index (χ1) is 9.61. The van der Waals surface area contributed by atoms with Gasteiger partial charge in [0.05, 0.1) is 6.61 Å². The van der Waals surface area contributed by atoms with Crippen molar-refractivity contribution in [2.75, 3.05) is 6.61 Å². The number of rotatable bonds is 9. The first-order valence-corrected chi connectivity index (χ1v) is 7.96. The molecule has 1 heterocycles. The highest BCUT2D eigenvalue weighted by atomic mass is 16.5. The van der Waals surface area contributed by atoms with Crippen LogP contribution in [-0.4, -0.2) is 17.6 Å². The number of carbonyl (C=O) groups excluding carboxylic acids is 1. The number of unbranched alkanes of at least 4 members (excludes halogenated alkanes) is 5. The molecule has 1 rings (SSSR count). The van der Waals surface area contributed by atoms with E-state index in [1.807, 2.05) is 20.8 Å². The summed E-state index contributed by atoms with van der Waals surface area (Å²) in [5.41, 5.74) is 4.10. The summed E-state index contributed by atoms with van der Waals surface area (Å²) in [7, 11) is 0. The van der Waals surface area contributed by atoms with E-state index in [1.165, 1.54) is 44.1 Å². The third-order valence-electron chi connectivity index (χ3n) is 3.85. The predicted octanol–water partition coefficient (Wildman–Crippen LogP) is 4.71. The fraction of sp³-hybridized carbons (Fsp3) is 0.706. The van der Waals surface area contributed by atoms with Crippen LogP contribution in [0.2, 0.25) is 0 Å². The fourth-order valence-corrected chi connectivity index (χ4v) is 2.65. The Balaban J connectivity index is 2.52. The Morgan fingerprint density at radius 2 is 1.70 bits per heavy atom. The van der Waals surface area contributed by atoms with E-state index >= 15 is 0 Å². The molecular weight excluding hydrogens is 250 g/mol. The molecule has 0 aliphatic heterocycles. The van der Waals surface area contributed by atoms with Crippen LogP contribution in [0.25, 0.3) is 0 Å². The third-order valence-corrected chi connectivity index (χ3v) is 3.85. The second-order valence-electron chi connectivity index (χ2n) is 5.47. The quantitative estimate of drug-likeness (QED) is 0.525. The molecule has 1 aromatic rings. The second kappa shape index (κ2) is 8.83. The monoisotopic (exact) mass is 279 g/mol. The van der Waals surface area contributed by atoms with Gasteiger partial charge in [0, 0.05) is 5.69 Å². The first kappa shape index (κ1) is 16.8. The van der Waals surface area contributed by atoms with Gasteiger partial charge in [-0.05, 0) is 44.7 Å². The summed E-state index contributed by atoms with van der Waals surface area (Å²) < 4.78 is 5.08. The topological polar surface area (TPSA) is 42.1 Å². The number of nitrogens with one attached hydrogen (secondary N) is 1. The van der Waals surface area contributed by atoms with Crippen LogP contribution in [-0.2, 0) is 11.2 Å². The zero-order valence-corrected chi connectivity index (χ0v) is 13.5. The third kappa shape index (κ3) is 4.69. The molecular formula is C17H29NO2. The molecule has 3 nitrogen and oxygen atoms in total. The number of ether oxygens (including phenoxy) is 1. The molecule has 1 N–H and O–H groups in total. The molecule has 0 radical (unpaired) electrons. The molecule has 1 aromatic heterocycles. The van der Waals surface area contributed by atoms with Gasteiger partial charge in [0.25, 0.3) is 0 Å². The van der Waals surface area contributed by atoms with E-state index in [1.54, 1.807) is 0 Å². The van der Waals surface area contributed by atoms with Crippen LogP contribution in [0, 0.1) is 13.8 Å². The van der Waals surface area contributed by atoms with E-state index in [-0.39, 0.29) is 5.97 Å². The molecule has 0 fully saturated rings. The summed E-state index contributed by atoms with van der Waals surface area (Å²) >= 11 is 0. The minimum Gasteiger partial charge on any atom is -0.461 e. The van der Waals surface area contributed by atoms with E-state index in [0.29, 0.717) is 12.3 Å². The lowest BCUT2D eigenvalue weighted by Gasteiger charge is -2.04. The Morgan fingerprint density at radius 3 is 2.35 bits per heavy atom. The lowest BCUT2D eigenvalue weighted by Crippen LogP contribution is -2.06. The number of aromatic amines is 1. The molecule has 0 spiro atoms. The number of hydrogen-bond donors (Lipinski definition) is 1. The van der Waals surface area contributed by atoms with Gasteiger partial charge in [-0.3, -0.25) is 0 Å². The molecule has 0 saturated carbocycles. The van der Waals surface area contributed by atoms with Gasteiger partial charge in [-0.15, -0.1) is 0 Å². The number of carbonyl (C=O) groups is 1. The largest absolute Gasteiger partial charge is 0.461 e. The van der Waals surface area contributed by atoms with E-state index in [0.717, 1.165) is 17.7 Å². The highest BCUT2D eigenvalue weighted by Crippen LogP contribution is 2.21. The van der Waals surface area contributed by atoms with Gasteiger partial charge in [0.2, 0.25) is 0 Å². The van der Waals surface area contributed by atoms with Crippen LogP contribution in [0.15, 0.2) is 0 Å². The van der Waals surface area contributed by atoms with Crippen molar-refractivity contribution in [2.45, 2.75) is 72.6 Å². The average Bonchev–Trinajstić information content (AvgIpc) is 2.70. The normalized spacial score (nSPS) is 10.8. The van der Waals surface area contributed by atoms with Crippen molar-refractivity contribution < 1.29 is 9.53 Å². The van der Waals surface area contributed by atoms with Crippen LogP contribution < -0.4 is 0 Å². The SMILES string of the molecule is CCCCCCCCc1c(C)[nH]c(C(=O)OCC)c1C. The van der Waals surface area contributed by atoms with Gasteiger partial charge >= 0.3 is 5.97 Å². The van der Waals surface area contributed by atoms with E-state index in [2.05, 4.69) is 11.9 Å². The van der Waals surface area contributed by atoms with Crippen LogP contribution in [0.1, 0.15) is 79.7 Å². The summed E-state index contributed by atoms with van der Waals surface area (Å²) in [4.78, 5) is 15.0. The highest BCUT2D eigenvalue weighted by molar-refractivity contribution is 5.89. The van der Waals surface area contributed by atoms with Crippen molar-refractivity contribution in [3.8, 4) is 0 Å². The van der Waals surface area contributed by atoms with Gasteiger partial charge in [-0.1, -0.05) is 39.0 Å². The molecule has 20 heavy (non-hydrogen) atoms.